The summed E-state index contributed by atoms with van der Waals surface area (Å²) in [7, 11) is -3.81. The predicted molar refractivity (Wildman–Crippen MR) is 117 cm³/mol. The molecule has 0 spiro atoms. The van der Waals surface area contributed by atoms with E-state index in [1.165, 1.54) is 24.4 Å². The summed E-state index contributed by atoms with van der Waals surface area (Å²) in [5.41, 5.74) is 1.07. The van der Waals surface area contributed by atoms with E-state index in [9.17, 15) is 31.5 Å². The number of sulfonamides is 1. The van der Waals surface area contributed by atoms with Gasteiger partial charge in [0.15, 0.2) is 0 Å². The number of benzene rings is 1. The molecule has 1 saturated heterocycles. The summed E-state index contributed by atoms with van der Waals surface area (Å²) in [5, 5.41) is 16.7. The highest BCUT2D eigenvalue weighted by Crippen LogP contribution is 2.27. The summed E-state index contributed by atoms with van der Waals surface area (Å²) in [4.78, 5) is 26.9. The van der Waals surface area contributed by atoms with Crippen LogP contribution >= 0.6 is 0 Å². The van der Waals surface area contributed by atoms with Crippen LogP contribution in [0.15, 0.2) is 41.4 Å². The lowest BCUT2D eigenvalue weighted by atomic mass is 9.99. The SMILES string of the molecule is Cc1ccc(S(=O)(=O)Nc2cnc(N3CCC(C)CC3)c(C(=O)O)c2)cc1.O=C(O)C(F)(F)F. The molecular weight excluding hydrogens is 479 g/mol. The number of alkyl halides is 3. The smallest absolute Gasteiger partial charge is 0.478 e. The van der Waals surface area contributed by atoms with Crippen LogP contribution in [0.2, 0.25) is 0 Å². The molecule has 9 nitrogen and oxygen atoms in total. The maximum Gasteiger partial charge on any atom is 0.490 e. The van der Waals surface area contributed by atoms with Gasteiger partial charge in [-0.3, -0.25) is 4.72 Å². The van der Waals surface area contributed by atoms with Gasteiger partial charge in [0.25, 0.3) is 10.0 Å². The lowest BCUT2D eigenvalue weighted by Crippen LogP contribution is -2.34. The standard InChI is InChI=1S/C19H23N3O4S.C2HF3O2/c1-13-3-5-16(6-4-13)27(25,26)21-15-11-17(19(23)24)18(20-12-15)22-9-7-14(2)8-10-22;3-2(4,5)1(6)7/h3-6,11-12,14,21H,7-10H2,1-2H3,(H,23,24);(H,6,7). The van der Waals surface area contributed by atoms with Gasteiger partial charge in [0.2, 0.25) is 0 Å². The molecule has 1 fully saturated rings. The average molecular weight is 503 g/mol. The Morgan fingerprint density at radius 1 is 1.12 bits per heavy atom. The van der Waals surface area contributed by atoms with Crippen LogP contribution in [0, 0.1) is 12.8 Å². The average Bonchev–Trinajstić information content (AvgIpc) is 2.74. The summed E-state index contributed by atoms with van der Waals surface area (Å²) in [6.07, 6.45) is -1.77. The maximum absolute atomic E-state index is 12.5. The molecule has 0 aliphatic carbocycles. The molecule has 1 aliphatic heterocycles. The second-order valence-corrected chi connectivity index (χ2v) is 9.47. The Kier molecular flexibility index (Phi) is 8.48. The van der Waals surface area contributed by atoms with Crippen LogP contribution in [-0.4, -0.2) is 54.8 Å². The zero-order valence-electron chi connectivity index (χ0n) is 18.3. The first-order valence-corrected chi connectivity index (χ1v) is 11.6. The number of anilines is 2. The van der Waals surface area contributed by atoms with Crippen molar-refractivity contribution in [3.05, 3.63) is 47.7 Å². The summed E-state index contributed by atoms with van der Waals surface area (Å²) in [6, 6.07) is 7.75. The highest BCUT2D eigenvalue weighted by atomic mass is 32.2. The van der Waals surface area contributed by atoms with Gasteiger partial charge >= 0.3 is 18.1 Å². The third-order valence-corrected chi connectivity index (χ3v) is 6.40. The molecule has 1 aliphatic rings. The molecule has 0 saturated carbocycles. The largest absolute Gasteiger partial charge is 0.490 e. The quantitative estimate of drug-likeness (QED) is 0.561. The molecule has 0 radical (unpaired) electrons. The van der Waals surface area contributed by atoms with Gasteiger partial charge in [0.05, 0.1) is 16.8 Å². The number of hydrogen-bond acceptors (Lipinski definition) is 6. The minimum Gasteiger partial charge on any atom is -0.478 e. The number of aryl methyl sites for hydroxylation is 1. The fraction of sp³-hybridized carbons (Fsp3) is 0.381. The molecule has 1 aromatic carbocycles. The van der Waals surface area contributed by atoms with Gasteiger partial charge < -0.3 is 15.1 Å². The van der Waals surface area contributed by atoms with Gasteiger partial charge in [-0.2, -0.15) is 13.2 Å². The molecular formula is C21H24F3N3O6S. The van der Waals surface area contributed by atoms with Gasteiger partial charge in [-0.25, -0.2) is 23.0 Å². The monoisotopic (exact) mass is 503 g/mol. The number of carbonyl (C=O) groups is 2. The van der Waals surface area contributed by atoms with Crippen molar-refractivity contribution in [3.8, 4) is 0 Å². The highest BCUT2D eigenvalue weighted by molar-refractivity contribution is 7.92. The van der Waals surface area contributed by atoms with Gasteiger partial charge in [-0.05, 0) is 43.9 Å². The molecule has 3 N–H and O–H groups in total. The van der Waals surface area contributed by atoms with E-state index in [0.717, 1.165) is 31.5 Å². The number of nitrogens with zero attached hydrogens (tertiary/aromatic N) is 2. The van der Waals surface area contributed by atoms with Crippen LogP contribution in [0.1, 0.15) is 35.7 Å². The zero-order valence-corrected chi connectivity index (χ0v) is 19.2. The molecule has 0 amide bonds. The molecule has 0 atom stereocenters. The number of nitrogens with one attached hydrogen (secondary N) is 1. The normalized spacial score (nSPS) is 14.7. The van der Waals surface area contributed by atoms with Gasteiger partial charge in [0.1, 0.15) is 11.4 Å². The summed E-state index contributed by atoms with van der Waals surface area (Å²) < 4.78 is 59.2. The number of halogens is 3. The van der Waals surface area contributed by atoms with Crippen molar-refractivity contribution < 1.29 is 41.4 Å². The van der Waals surface area contributed by atoms with E-state index in [0.29, 0.717) is 11.7 Å². The molecule has 3 rings (SSSR count). The van der Waals surface area contributed by atoms with Crippen LogP contribution in [0.25, 0.3) is 0 Å². The molecule has 2 aromatic rings. The Morgan fingerprint density at radius 2 is 1.65 bits per heavy atom. The van der Waals surface area contributed by atoms with Crippen molar-refractivity contribution in [1.29, 1.82) is 0 Å². The van der Waals surface area contributed by atoms with Gasteiger partial charge in [-0.15, -0.1) is 0 Å². The number of pyridine rings is 1. The predicted octanol–water partition coefficient (Wildman–Crippen LogP) is 3.76. The van der Waals surface area contributed by atoms with Crippen molar-refractivity contribution in [2.45, 2.75) is 37.8 Å². The maximum atomic E-state index is 12.5. The number of carboxylic acid groups (broad SMARTS) is 2. The first-order chi connectivity index (χ1) is 15.7. The van der Waals surface area contributed by atoms with E-state index in [2.05, 4.69) is 16.6 Å². The number of aromatic carboxylic acids is 1. The van der Waals surface area contributed by atoms with E-state index in [4.69, 9.17) is 9.90 Å². The van der Waals surface area contributed by atoms with Crippen molar-refractivity contribution in [2.24, 2.45) is 5.92 Å². The fourth-order valence-corrected chi connectivity index (χ4v) is 4.11. The first kappa shape index (κ1) is 26.9. The van der Waals surface area contributed by atoms with E-state index in [-0.39, 0.29) is 16.1 Å². The Bertz CT molecular complexity index is 1130. The molecule has 186 valence electrons. The second kappa shape index (κ2) is 10.7. The molecule has 2 heterocycles. The number of hydrogen-bond donors (Lipinski definition) is 3. The summed E-state index contributed by atoms with van der Waals surface area (Å²) in [5.74, 6) is -2.90. The molecule has 1 aromatic heterocycles. The van der Waals surface area contributed by atoms with Crippen molar-refractivity contribution in [3.63, 3.8) is 0 Å². The topological polar surface area (TPSA) is 137 Å². The zero-order chi connectivity index (χ0) is 25.7. The van der Waals surface area contributed by atoms with E-state index in [1.54, 1.807) is 12.1 Å². The van der Waals surface area contributed by atoms with Crippen molar-refractivity contribution >= 4 is 33.5 Å². The number of piperidine rings is 1. The number of aliphatic carboxylic acids is 1. The van der Waals surface area contributed by atoms with Crippen LogP contribution < -0.4 is 9.62 Å². The molecule has 0 unspecified atom stereocenters. The second-order valence-electron chi connectivity index (χ2n) is 7.79. The highest BCUT2D eigenvalue weighted by Gasteiger charge is 2.38. The minimum atomic E-state index is -5.08. The number of rotatable bonds is 5. The molecule has 0 bridgehead atoms. The van der Waals surface area contributed by atoms with E-state index >= 15 is 0 Å². The van der Waals surface area contributed by atoms with Gasteiger partial charge in [-0.1, -0.05) is 24.6 Å². The van der Waals surface area contributed by atoms with E-state index < -0.39 is 28.1 Å². The Hall–Kier alpha value is -3.35. The van der Waals surface area contributed by atoms with Crippen LogP contribution in [0.3, 0.4) is 0 Å². The minimum absolute atomic E-state index is 0.00587. The Labute approximate surface area is 194 Å². The fourth-order valence-electron chi connectivity index (χ4n) is 3.07. The third-order valence-electron chi connectivity index (χ3n) is 5.01. The molecule has 13 heteroatoms. The van der Waals surface area contributed by atoms with Gasteiger partial charge in [0, 0.05) is 13.1 Å². The lowest BCUT2D eigenvalue weighted by Gasteiger charge is -2.32. The van der Waals surface area contributed by atoms with Crippen molar-refractivity contribution in [2.75, 3.05) is 22.7 Å². The first-order valence-electron chi connectivity index (χ1n) is 10.1. The van der Waals surface area contributed by atoms with E-state index in [1.807, 2.05) is 11.8 Å². The van der Waals surface area contributed by atoms with Crippen LogP contribution in [0.5, 0.6) is 0 Å². The van der Waals surface area contributed by atoms with Crippen LogP contribution in [0.4, 0.5) is 24.7 Å². The number of aromatic nitrogens is 1. The lowest BCUT2D eigenvalue weighted by molar-refractivity contribution is -0.192. The Balaban J connectivity index is 0.000000509. The summed E-state index contributed by atoms with van der Waals surface area (Å²) in [6.45, 7) is 5.52. The Morgan fingerprint density at radius 3 is 2.12 bits per heavy atom. The molecule has 34 heavy (non-hydrogen) atoms. The number of carboxylic acids is 2. The third kappa shape index (κ3) is 7.33. The van der Waals surface area contributed by atoms with Crippen LogP contribution in [-0.2, 0) is 14.8 Å². The van der Waals surface area contributed by atoms with Crippen molar-refractivity contribution in [1.82, 2.24) is 4.98 Å². The summed E-state index contributed by atoms with van der Waals surface area (Å²) >= 11 is 0.